The Morgan fingerprint density at radius 1 is 1.21 bits per heavy atom. The highest BCUT2D eigenvalue weighted by atomic mass is 16.7. The van der Waals surface area contributed by atoms with Crippen molar-refractivity contribution in [2.45, 2.75) is 19.3 Å². The first-order valence-corrected chi connectivity index (χ1v) is 7.51. The van der Waals surface area contributed by atoms with Gasteiger partial charge >= 0.3 is 0 Å². The standard InChI is InChI=1S/C17H14N2O5/c1-9-2-3-10(4-14(9)19(21)22)11-6-17(20)18-13-7-16-15(5-12(11)13)23-8-24-16/h2-5,7,11H,6,8H2,1H3,(H,18,20)/t11-/m0/s1. The fourth-order valence-electron chi connectivity index (χ4n) is 3.19. The van der Waals surface area contributed by atoms with E-state index in [-0.39, 0.29) is 30.7 Å². The summed E-state index contributed by atoms with van der Waals surface area (Å²) in [6.45, 7) is 1.84. The second-order valence-corrected chi connectivity index (χ2v) is 5.90. The molecule has 1 N–H and O–H groups in total. The molecule has 7 nitrogen and oxygen atoms in total. The van der Waals surface area contributed by atoms with Crippen molar-refractivity contribution in [3.05, 3.63) is 57.1 Å². The van der Waals surface area contributed by atoms with Crippen LogP contribution in [0.2, 0.25) is 0 Å². The Labute approximate surface area is 137 Å². The van der Waals surface area contributed by atoms with E-state index in [1.54, 1.807) is 25.1 Å². The predicted molar refractivity (Wildman–Crippen MR) is 85.5 cm³/mol. The Morgan fingerprint density at radius 3 is 2.71 bits per heavy atom. The van der Waals surface area contributed by atoms with Gasteiger partial charge in [0, 0.05) is 35.7 Å². The summed E-state index contributed by atoms with van der Waals surface area (Å²) in [6, 6.07) is 8.68. The van der Waals surface area contributed by atoms with E-state index in [2.05, 4.69) is 5.32 Å². The van der Waals surface area contributed by atoms with Gasteiger partial charge in [0.1, 0.15) is 0 Å². The lowest BCUT2D eigenvalue weighted by molar-refractivity contribution is -0.385. The maximum Gasteiger partial charge on any atom is 0.272 e. The van der Waals surface area contributed by atoms with Crippen LogP contribution in [0.5, 0.6) is 11.5 Å². The molecule has 0 fully saturated rings. The zero-order valence-corrected chi connectivity index (χ0v) is 12.9. The van der Waals surface area contributed by atoms with Gasteiger partial charge in [-0.15, -0.1) is 0 Å². The first kappa shape index (κ1) is 14.5. The number of nitrogens with zero attached hydrogens (tertiary/aromatic N) is 1. The molecule has 2 aromatic rings. The van der Waals surface area contributed by atoms with E-state index in [1.165, 1.54) is 0 Å². The van der Waals surface area contributed by atoms with Gasteiger partial charge in [0.15, 0.2) is 11.5 Å². The Balaban J connectivity index is 1.84. The molecule has 0 saturated carbocycles. The molecule has 0 radical (unpaired) electrons. The summed E-state index contributed by atoms with van der Waals surface area (Å²) in [5.41, 5.74) is 2.92. The number of nitrogens with one attached hydrogen (secondary N) is 1. The van der Waals surface area contributed by atoms with Crippen LogP contribution in [-0.4, -0.2) is 17.6 Å². The number of carbonyl (C=O) groups is 1. The number of hydrogen-bond acceptors (Lipinski definition) is 5. The molecule has 0 spiro atoms. The van der Waals surface area contributed by atoms with Crippen LogP contribution >= 0.6 is 0 Å². The lowest BCUT2D eigenvalue weighted by Gasteiger charge is -2.26. The second kappa shape index (κ2) is 5.23. The van der Waals surface area contributed by atoms with Gasteiger partial charge in [-0.3, -0.25) is 14.9 Å². The van der Waals surface area contributed by atoms with E-state index in [0.717, 1.165) is 11.1 Å². The van der Waals surface area contributed by atoms with Crippen molar-refractivity contribution in [1.82, 2.24) is 0 Å². The summed E-state index contributed by atoms with van der Waals surface area (Å²) in [6.07, 6.45) is 0.229. The molecule has 0 unspecified atom stereocenters. The van der Waals surface area contributed by atoms with Crippen LogP contribution < -0.4 is 14.8 Å². The number of benzene rings is 2. The SMILES string of the molecule is Cc1ccc([C@@H]2CC(=O)Nc3cc4c(cc32)OCO4)cc1[N+](=O)[O-]. The third-order valence-electron chi connectivity index (χ3n) is 4.42. The van der Waals surface area contributed by atoms with Crippen LogP contribution in [0.3, 0.4) is 0 Å². The average Bonchev–Trinajstić information content (AvgIpc) is 2.99. The van der Waals surface area contributed by atoms with Gasteiger partial charge in [-0.2, -0.15) is 0 Å². The summed E-state index contributed by atoms with van der Waals surface area (Å²) in [5, 5.41) is 14.0. The number of nitro benzene ring substituents is 1. The molecule has 122 valence electrons. The van der Waals surface area contributed by atoms with Gasteiger partial charge in [-0.05, 0) is 24.1 Å². The number of fused-ring (bicyclic) bond motifs is 2. The van der Waals surface area contributed by atoms with E-state index in [9.17, 15) is 14.9 Å². The van der Waals surface area contributed by atoms with Crippen LogP contribution in [0.15, 0.2) is 30.3 Å². The summed E-state index contributed by atoms with van der Waals surface area (Å²) in [5.74, 6) is 0.818. The number of carbonyl (C=O) groups excluding carboxylic acids is 1. The second-order valence-electron chi connectivity index (χ2n) is 5.90. The summed E-state index contributed by atoms with van der Waals surface area (Å²) in [4.78, 5) is 22.9. The number of aryl methyl sites for hydroxylation is 1. The maximum absolute atomic E-state index is 12.1. The number of amides is 1. The molecule has 0 saturated heterocycles. The molecule has 2 aromatic carbocycles. The first-order valence-electron chi connectivity index (χ1n) is 7.51. The van der Waals surface area contributed by atoms with Crippen molar-refractivity contribution in [2.24, 2.45) is 0 Å². The minimum absolute atomic E-state index is 0.0563. The number of nitro groups is 1. The van der Waals surface area contributed by atoms with Gasteiger partial charge in [0.2, 0.25) is 12.7 Å². The van der Waals surface area contributed by atoms with E-state index >= 15 is 0 Å². The van der Waals surface area contributed by atoms with Crippen LogP contribution in [0.4, 0.5) is 11.4 Å². The topological polar surface area (TPSA) is 90.7 Å². The van der Waals surface area contributed by atoms with Gasteiger partial charge < -0.3 is 14.8 Å². The van der Waals surface area contributed by atoms with Crippen LogP contribution in [0, 0.1) is 17.0 Å². The molecule has 24 heavy (non-hydrogen) atoms. The number of ether oxygens (including phenoxy) is 2. The van der Waals surface area contributed by atoms with Crippen molar-refractivity contribution < 1.29 is 19.2 Å². The molecular weight excluding hydrogens is 312 g/mol. The lowest BCUT2D eigenvalue weighted by Crippen LogP contribution is -2.23. The number of rotatable bonds is 2. The van der Waals surface area contributed by atoms with Crippen molar-refractivity contribution in [1.29, 1.82) is 0 Å². The highest BCUT2D eigenvalue weighted by molar-refractivity contribution is 5.96. The van der Waals surface area contributed by atoms with Crippen molar-refractivity contribution in [3.63, 3.8) is 0 Å². The fraction of sp³-hybridized carbons (Fsp3) is 0.235. The molecule has 2 aliphatic heterocycles. The number of hydrogen-bond donors (Lipinski definition) is 1. The van der Waals surface area contributed by atoms with Crippen molar-refractivity contribution in [2.75, 3.05) is 12.1 Å². The third kappa shape index (κ3) is 2.25. The van der Waals surface area contributed by atoms with Crippen LogP contribution in [0.1, 0.15) is 29.0 Å². The maximum atomic E-state index is 12.1. The summed E-state index contributed by atoms with van der Waals surface area (Å²) < 4.78 is 10.8. The highest BCUT2D eigenvalue weighted by Crippen LogP contribution is 2.45. The zero-order valence-electron chi connectivity index (χ0n) is 12.9. The molecule has 1 amide bonds. The van der Waals surface area contributed by atoms with Gasteiger partial charge in [-0.25, -0.2) is 0 Å². The average molecular weight is 326 g/mol. The van der Waals surface area contributed by atoms with Crippen LogP contribution in [0.25, 0.3) is 0 Å². The Kier molecular flexibility index (Phi) is 3.16. The minimum Gasteiger partial charge on any atom is -0.454 e. The van der Waals surface area contributed by atoms with E-state index in [4.69, 9.17) is 9.47 Å². The summed E-state index contributed by atoms with van der Waals surface area (Å²) >= 11 is 0. The molecule has 7 heteroatoms. The number of anilines is 1. The fourth-order valence-corrected chi connectivity index (χ4v) is 3.19. The quantitative estimate of drug-likeness (QED) is 0.676. The normalized spacial score (nSPS) is 18.0. The Bertz CT molecular complexity index is 878. The largest absolute Gasteiger partial charge is 0.454 e. The molecular formula is C17H14N2O5. The minimum atomic E-state index is -0.401. The van der Waals surface area contributed by atoms with Gasteiger partial charge in [-0.1, -0.05) is 12.1 Å². The van der Waals surface area contributed by atoms with E-state index in [0.29, 0.717) is 22.7 Å². The van der Waals surface area contributed by atoms with Crippen molar-refractivity contribution in [3.8, 4) is 11.5 Å². The Morgan fingerprint density at radius 2 is 1.96 bits per heavy atom. The lowest BCUT2D eigenvalue weighted by atomic mass is 9.84. The molecule has 2 heterocycles. The summed E-state index contributed by atoms with van der Waals surface area (Å²) in [7, 11) is 0. The third-order valence-corrected chi connectivity index (χ3v) is 4.42. The highest BCUT2D eigenvalue weighted by Gasteiger charge is 2.30. The molecule has 2 aliphatic rings. The van der Waals surface area contributed by atoms with E-state index < -0.39 is 4.92 Å². The zero-order chi connectivity index (χ0) is 16.8. The van der Waals surface area contributed by atoms with Gasteiger partial charge in [0.25, 0.3) is 5.69 Å². The van der Waals surface area contributed by atoms with Gasteiger partial charge in [0.05, 0.1) is 4.92 Å². The molecule has 4 rings (SSSR count). The predicted octanol–water partition coefficient (Wildman–Crippen LogP) is 3.11. The van der Waals surface area contributed by atoms with Crippen molar-refractivity contribution >= 4 is 17.3 Å². The molecule has 0 aliphatic carbocycles. The molecule has 0 aromatic heterocycles. The Hall–Kier alpha value is -3.09. The van der Waals surface area contributed by atoms with E-state index in [1.807, 2.05) is 12.1 Å². The smallest absolute Gasteiger partial charge is 0.272 e. The first-order chi connectivity index (χ1) is 11.5. The monoisotopic (exact) mass is 326 g/mol. The van der Waals surface area contributed by atoms with Crippen LogP contribution in [-0.2, 0) is 4.79 Å². The molecule has 1 atom stereocenters. The molecule has 0 bridgehead atoms.